The maximum Gasteiger partial charge on any atom is 0.575 e. The second-order valence-corrected chi connectivity index (χ2v) is 3.47. The van der Waals surface area contributed by atoms with E-state index in [0.717, 1.165) is 6.07 Å². The summed E-state index contributed by atoms with van der Waals surface area (Å²) in [5.74, 6) is -3.37. The van der Waals surface area contributed by atoms with Crippen LogP contribution in [0.15, 0.2) is 6.07 Å². The van der Waals surface area contributed by atoms with Crippen molar-refractivity contribution in [3.8, 4) is 5.88 Å². The van der Waals surface area contributed by atoms with Crippen molar-refractivity contribution in [2.24, 2.45) is 0 Å². The third kappa shape index (κ3) is 4.08. The van der Waals surface area contributed by atoms with Crippen molar-refractivity contribution < 1.29 is 32.7 Å². The third-order valence-electron chi connectivity index (χ3n) is 1.95. The first-order chi connectivity index (χ1) is 8.60. The topological polar surface area (TPSA) is 103 Å². The molecule has 0 aromatic carbocycles. The number of hydrogen-bond donors (Lipinski definition) is 1. The number of aliphatic carboxylic acids is 1. The van der Waals surface area contributed by atoms with E-state index < -0.39 is 40.9 Å². The van der Waals surface area contributed by atoms with Gasteiger partial charge in [-0.2, -0.15) is 0 Å². The van der Waals surface area contributed by atoms with E-state index >= 15 is 0 Å². The van der Waals surface area contributed by atoms with Crippen LogP contribution >= 0.6 is 0 Å². The lowest BCUT2D eigenvalue weighted by Gasteiger charge is -2.09. The normalized spacial score (nSPS) is 11.2. The Morgan fingerprint density at radius 1 is 1.58 bits per heavy atom. The number of rotatable bonds is 4. The molecule has 0 aliphatic heterocycles. The minimum absolute atomic E-state index is 0.0595. The van der Waals surface area contributed by atoms with Crippen LogP contribution in [0.3, 0.4) is 0 Å². The molecule has 104 valence electrons. The second-order valence-electron chi connectivity index (χ2n) is 3.47. The average Bonchev–Trinajstić information content (AvgIpc) is 2.18. The van der Waals surface area contributed by atoms with Crippen molar-refractivity contribution >= 4 is 11.8 Å². The van der Waals surface area contributed by atoms with E-state index in [0.29, 0.717) is 0 Å². The quantitative estimate of drug-likeness (QED) is 0.666. The van der Waals surface area contributed by atoms with Crippen LogP contribution in [0.2, 0.25) is 0 Å². The fourth-order valence-corrected chi connectivity index (χ4v) is 1.32. The van der Waals surface area contributed by atoms with E-state index in [9.17, 15) is 28.1 Å². The summed E-state index contributed by atoms with van der Waals surface area (Å²) in [6.07, 6.45) is -5.92. The van der Waals surface area contributed by atoms with Gasteiger partial charge in [-0.3, -0.25) is 4.79 Å². The van der Waals surface area contributed by atoms with Gasteiger partial charge in [-0.1, -0.05) is 0 Å². The fraction of sp³-hybridized carbons (Fsp3) is 0.333. The number of aryl methyl sites for hydroxylation is 1. The Labute approximate surface area is 103 Å². The molecule has 19 heavy (non-hydrogen) atoms. The molecule has 10 heteroatoms. The van der Waals surface area contributed by atoms with Gasteiger partial charge in [0.25, 0.3) is 0 Å². The van der Waals surface area contributed by atoms with E-state index in [1.807, 2.05) is 0 Å². The van der Waals surface area contributed by atoms with E-state index in [-0.39, 0.29) is 5.56 Å². The first-order valence-corrected chi connectivity index (χ1v) is 4.72. The number of carboxylic acids is 1. The largest absolute Gasteiger partial charge is 0.575 e. The molecule has 0 unspecified atom stereocenters. The Kier molecular flexibility index (Phi) is 3.92. The lowest BCUT2D eigenvalue weighted by Crippen LogP contribution is -2.20. The van der Waals surface area contributed by atoms with Crippen LogP contribution in [-0.2, 0) is 11.2 Å². The number of hydrogen-bond acceptors (Lipinski definition) is 5. The Bertz CT molecular complexity index is 529. The molecule has 1 aromatic rings. The first-order valence-electron chi connectivity index (χ1n) is 4.72. The van der Waals surface area contributed by atoms with Crippen molar-refractivity contribution in [1.82, 2.24) is 4.98 Å². The van der Waals surface area contributed by atoms with E-state index in [1.165, 1.54) is 6.92 Å². The van der Waals surface area contributed by atoms with Crippen molar-refractivity contribution in [3.63, 3.8) is 0 Å². The van der Waals surface area contributed by atoms with Crippen LogP contribution in [0.25, 0.3) is 0 Å². The molecule has 1 N–H and O–H groups in total. The van der Waals surface area contributed by atoms with Crippen molar-refractivity contribution in [2.45, 2.75) is 19.7 Å². The molecule has 0 aliphatic carbocycles. The van der Waals surface area contributed by atoms with Crippen LogP contribution in [0, 0.1) is 17.0 Å². The molecule has 0 spiro atoms. The number of ether oxygens (including phenoxy) is 1. The van der Waals surface area contributed by atoms with Gasteiger partial charge in [0.15, 0.2) is 0 Å². The number of carbonyl (C=O) groups is 1. The van der Waals surface area contributed by atoms with Gasteiger partial charge in [0.05, 0.1) is 12.0 Å². The number of aromatic nitrogens is 1. The number of nitro groups is 1. The molecule has 0 saturated carbocycles. The summed E-state index contributed by atoms with van der Waals surface area (Å²) in [7, 11) is 0. The van der Waals surface area contributed by atoms with Gasteiger partial charge in [-0.25, -0.2) is 0 Å². The zero-order valence-corrected chi connectivity index (χ0v) is 9.39. The molecule has 0 atom stereocenters. The Morgan fingerprint density at radius 3 is 2.58 bits per heavy atom. The van der Waals surface area contributed by atoms with E-state index in [1.54, 1.807) is 0 Å². The maximum atomic E-state index is 12.1. The van der Waals surface area contributed by atoms with Crippen LogP contribution in [0.4, 0.5) is 19.0 Å². The number of alkyl halides is 3. The number of carboxylic acid groups (broad SMARTS) is 1. The number of halogens is 3. The molecule has 0 amide bonds. The second kappa shape index (κ2) is 5.08. The highest BCUT2D eigenvalue weighted by atomic mass is 19.4. The maximum absolute atomic E-state index is 12.1. The Balaban J connectivity index is 3.32. The zero-order valence-electron chi connectivity index (χ0n) is 9.39. The fourth-order valence-electron chi connectivity index (χ4n) is 1.32. The first kappa shape index (κ1) is 14.7. The summed E-state index contributed by atoms with van der Waals surface area (Å²) >= 11 is 0. The molecule has 0 bridgehead atoms. The third-order valence-corrected chi connectivity index (χ3v) is 1.95. The molecule has 7 nitrogen and oxygen atoms in total. The van der Waals surface area contributed by atoms with Crippen molar-refractivity contribution in [3.05, 3.63) is 27.3 Å². The molecule has 1 heterocycles. The van der Waals surface area contributed by atoms with Crippen LogP contribution in [0.1, 0.15) is 11.1 Å². The minimum Gasteiger partial charge on any atom is -0.481 e. The van der Waals surface area contributed by atoms with Gasteiger partial charge in [-0.15, -0.1) is 13.2 Å². The van der Waals surface area contributed by atoms with Gasteiger partial charge < -0.3 is 20.0 Å². The Morgan fingerprint density at radius 2 is 2.16 bits per heavy atom. The molecule has 0 radical (unpaired) electrons. The highest BCUT2D eigenvalue weighted by molar-refractivity contribution is 5.71. The van der Waals surface area contributed by atoms with Crippen molar-refractivity contribution in [2.75, 3.05) is 0 Å². The zero-order chi connectivity index (χ0) is 14.8. The molecule has 0 saturated heterocycles. The van der Waals surface area contributed by atoms with E-state index in [2.05, 4.69) is 9.72 Å². The summed E-state index contributed by atoms with van der Waals surface area (Å²) in [5.41, 5.74) is -0.455. The molecular formula is C9H7F3N2O5. The summed E-state index contributed by atoms with van der Waals surface area (Å²) in [5, 5.41) is 19.1. The summed E-state index contributed by atoms with van der Waals surface area (Å²) in [6.45, 7) is 1.23. The molecule has 1 rings (SSSR count). The Hall–Kier alpha value is -2.39. The van der Waals surface area contributed by atoms with Gasteiger partial charge in [0, 0.05) is 10.5 Å². The minimum atomic E-state index is -5.12. The van der Waals surface area contributed by atoms with Gasteiger partial charge in [0.2, 0.25) is 0 Å². The summed E-state index contributed by atoms with van der Waals surface area (Å²) < 4.78 is 39.8. The van der Waals surface area contributed by atoms with E-state index in [4.69, 9.17) is 5.11 Å². The molecule has 0 fully saturated rings. The number of nitrogens with zero attached hydrogens (tertiary/aromatic N) is 2. The standard InChI is InChI=1S/C9H7F3N2O5/c1-4-2-5(3-6(15)16)8(19-9(10,11)12)13-7(4)14(17)18/h2H,3H2,1H3,(H,15,16). The predicted molar refractivity (Wildman–Crippen MR) is 53.7 cm³/mol. The monoisotopic (exact) mass is 280 g/mol. The lowest BCUT2D eigenvalue weighted by atomic mass is 10.1. The molecule has 0 aliphatic rings. The SMILES string of the molecule is Cc1cc(CC(=O)O)c(OC(F)(F)F)nc1[N+](=O)[O-]. The van der Waals surface area contributed by atoms with Gasteiger partial charge in [0.1, 0.15) is 0 Å². The summed E-state index contributed by atoms with van der Waals surface area (Å²) in [4.78, 5) is 23.2. The smallest absolute Gasteiger partial charge is 0.481 e. The highest BCUT2D eigenvalue weighted by Crippen LogP contribution is 2.29. The van der Waals surface area contributed by atoms with Crippen molar-refractivity contribution in [1.29, 1.82) is 0 Å². The van der Waals surface area contributed by atoms with Crippen LogP contribution < -0.4 is 4.74 Å². The summed E-state index contributed by atoms with van der Waals surface area (Å²) in [6, 6.07) is 0.931. The van der Waals surface area contributed by atoms with Crippen LogP contribution in [0.5, 0.6) is 5.88 Å². The molecule has 1 aromatic heterocycles. The van der Waals surface area contributed by atoms with Gasteiger partial charge in [-0.05, 0) is 17.9 Å². The van der Waals surface area contributed by atoms with Crippen LogP contribution in [-0.4, -0.2) is 27.3 Å². The molecular weight excluding hydrogens is 273 g/mol. The highest BCUT2D eigenvalue weighted by Gasteiger charge is 2.36. The average molecular weight is 280 g/mol. The van der Waals surface area contributed by atoms with Gasteiger partial charge >= 0.3 is 24.0 Å². The predicted octanol–water partition coefficient (Wildman–Crippen LogP) is 1.82. The number of pyridine rings is 1. The lowest BCUT2D eigenvalue weighted by molar-refractivity contribution is -0.390.